The zero-order chi connectivity index (χ0) is 22.1. The van der Waals surface area contributed by atoms with Crippen molar-refractivity contribution in [1.29, 1.82) is 0 Å². The van der Waals surface area contributed by atoms with E-state index in [1.807, 2.05) is 24.3 Å². The summed E-state index contributed by atoms with van der Waals surface area (Å²) in [5.41, 5.74) is 3.07. The molecule has 2 atom stereocenters. The summed E-state index contributed by atoms with van der Waals surface area (Å²) in [4.78, 5) is 0. The zero-order valence-corrected chi connectivity index (χ0v) is 18.6. The maximum atomic E-state index is 10.9. The molecule has 6 heteroatoms. The van der Waals surface area contributed by atoms with Gasteiger partial charge in [-0.15, -0.1) is 0 Å². The van der Waals surface area contributed by atoms with Crippen LogP contribution in [-0.4, -0.2) is 50.9 Å². The maximum Gasteiger partial charge on any atom is 0.161 e. The average Bonchev–Trinajstić information content (AvgIpc) is 2.72. The van der Waals surface area contributed by atoms with Crippen LogP contribution in [0.1, 0.15) is 25.0 Å². The summed E-state index contributed by atoms with van der Waals surface area (Å²) < 4.78 is 22.2. The van der Waals surface area contributed by atoms with Gasteiger partial charge in [0.15, 0.2) is 23.0 Å². The fraction of sp³-hybridized carbons (Fsp3) is 0.500. The van der Waals surface area contributed by atoms with Gasteiger partial charge in [0.05, 0.1) is 34.0 Å². The molecule has 0 aromatic heterocycles. The molecule has 164 valence electrons. The molecule has 0 radical (unpaired) electrons. The second-order valence-electron chi connectivity index (χ2n) is 8.34. The van der Waals surface area contributed by atoms with E-state index in [0.29, 0.717) is 35.8 Å². The number of ether oxygens (including phenoxy) is 4. The van der Waals surface area contributed by atoms with E-state index in [1.165, 1.54) is 0 Å². The molecule has 0 unspecified atom stereocenters. The molecule has 0 fully saturated rings. The highest BCUT2D eigenvalue weighted by molar-refractivity contribution is 5.77. The quantitative estimate of drug-likeness (QED) is 0.751. The molecule has 0 bridgehead atoms. The van der Waals surface area contributed by atoms with E-state index in [4.69, 9.17) is 18.9 Å². The van der Waals surface area contributed by atoms with Crippen LogP contribution in [0.3, 0.4) is 0 Å². The molecule has 2 aromatic carbocycles. The molecule has 30 heavy (non-hydrogen) atoms. The molecule has 2 N–H and O–H groups in total. The molecule has 0 heterocycles. The Labute approximate surface area is 178 Å². The fourth-order valence-electron chi connectivity index (χ4n) is 4.53. The van der Waals surface area contributed by atoms with E-state index in [0.717, 1.165) is 22.3 Å². The number of hydrogen-bond acceptors (Lipinski definition) is 6. The van der Waals surface area contributed by atoms with Crippen LogP contribution >= 0.6 is 0 Å². The Hall–Kier alpha value is -2.44. The Morgan fingerprint density at radius 1 is 0.767 bits per heavy atom. The summed E-state index contributed by atoms with van der Waals surface area (Å²) in [5, 5.41) is 21.1. The molecule has 1 aliphatic carbocycles. The van der Waals surface area contributed by atoms with Crippen molar-refractivity contribution < 1.29 is 29.2 Å². The highest BCUT2D eigenvalue weighted by Gasteiger charge is 2.37. The molecule has 0 spiro atoms. The smallest absolute Gasteiger partial charge is 0.161 e. The third-order valence-electron chi connectivity index (χ3n) is 6.14. The lowest BCUT2D eigenvalue weighted by Gasteiger charge is -2.38. The first kappa shape index (κ1) is 22.2. The summed E-state index contributed by atoms with van der Waals surface area (Å²) in [6.07, 6.45) is 1.20. The number of hydrogen-bond donors (Lipinski definition) is 2. The Bertz CT molecular complexity index is 900. The Morgan fingerprint density at radius 2 is 1.17 bits per heavy atom. The van der Waals surface area contributed by atoms with Crippen LogP contribution in [0.4, 0.5) is 0 Å². The van der Waals surface area contributed by atoms with E-state index in [-0.39, 0.29) is 18.4 Å². The molecular weight excluding hydrogens is 384 g/mol. The molecular formula is C24H32O6. The van der Waals surface area contributed by atoms with Gasteiger partial charge in [-0.2, -0.15) is 0 Å². The van der Waals surface area contributed by atoms with Crippen molar-refractivity contribution >= 4 is 0 Å². The van der Waals surface area contributed by atoms with Gasteiger partial charge in [-0.25, -0.2) is 0 Å². The predicted molar refractivity (Wildman–Crippen MR) is 116 cm³/mol. The fourth-order valence-corrected chi connectivity index (χ4v) is 4.53. The van der Waals surface area contributed by atoms with E-state index in [9.17, 15) is 10.2 Å². The van der Waals surface area contributed by atoms with Gasteiger partial charge in [0.2, 0.25) is 0 Å². The van der Waals surface area contributed by atoms with Crippen molar-refractivity contribution in [1.82, 2.24) is 0 Å². The molecule has 0 saturated heterocycles. The largest absolute Gasteiger partial charge is 0.493 e. The summed E-state index contributed by atoms with van der Waals surface area (Å²) in [7, 11) is 6.45. The van der Waals surface area contributed by atoms with Crippen LogP contribution in [0, 0.1) is 11.8 Å². The van der Waals surface area contributed by atoms with Crippen molar-refractivity contribution in [2.24, 2.45) is 11.8 Å². The summed E-state index contributed by atoms with van der Waals surface area (Å²) in [5.74, 6) is 2.26. The van der Waals surface area contributed by atoms with E-state index in [2.05, 4.69) is 0 Å². The van der Waals surface area contributed by atoms with E-state index in [1.54, 1.807) is 42.3 Å². The van der Waals surface area contributed by atoms with Crippen LogP contribution in [0.5, 0.6) is 23.0 Å². The monoisotopic (exact) mass is 416 g/mol. The summed E-state index contributed by atoms with van der Waals surface area (Å²) in [6, 6.07) is 7.87. The van der Waals surface area contributed by atoms with Crippen LogP contribution in [0.15, 0.2) is 24.3 Å². The SMILES string of the molecule is COc1cc2c(cc1OC)-c1cc(OC)c(OC)cc1C[C@@H](C(C)(C)O)[C@H](CO)C2. The van der Waals surface area contributed by atoms with Gasteiger partial charge in [0.1, 0.15) is 0 Å². The van der Waals surface area contributed by atoms with Gasteiger partial charge in [-0.3, -0.25) is 0 Å². The number of aliphatic hydroxyl groups excluding tert-OH is 1. The van der Waals surface area contributed by atoms with Gasteiger partial charge < -0.3 is 29.2 Å². The lowest BCUT2D eigenvalue weighted by molar-refractivity contribution is -0.0234. The van der Waals surface area contributed by atoms with Gasteiger partial charge in [0.25, 0.3) is 0 Å². The molecule has 0 amide bonds. The lowest BCUT2D eigenvalue weighted by Crippen LogP contribution is -2.41. The highest BCUT2D eigenvalue weighted by atomic mass is 16.5. The van der Waals surface area contributed by atoms with E-state index >= 15 is 0 Å². The van der Waals surface area contributed by atoms with Crippen molar-refractivity contribution in [3.63, 3.8) is 0 Å². The minimum absolute atomic E-state index is 0.0228. The van der Waals surface area contributed by atoms with Crippen molar-refractivity contribution in [2.75, 3.05) is 35.0 Å². The third-order valence-corrected chi connectivity index (χ3v) is 6.14. The normalized spacial score (nSPS) is 18.5. The van der Waals surface area contributed by atoms with Crippen LogP contribution in [-0.2, 0) is 12.8 Å². The Kier molecular flexibility index (Phi) is 6.48. The molecule has 1 aliphatic rings. The Morgan fingerprint density at radius 3 is 1.53 bits per heavy atom. The van der Waals surface area contributed by atoms with Gasteiger partial charge >= 0.3 is 0 Å². The molecule has 2 aromatic rings. The summed E-state index contributed by atoms with van der Waals surface area (Å²) in [6.45, 7) is 3.58. The highest BCUT2D eigenvalue weighted by Crippen LogP contribution is 2.46. The number of benzene rings is 2. The number of aliphatic hydroxyl groups is 2. The minimum Gasteiger partial charge on any atom is -0.493 e. The molecule has 3 rings (SSSR count). The predicted octanol–water partition coefficient (Wildman–Crippen LogP) is 3.48. The van der Waals surface area contributed by atoms with E-state index < -0.39 is 5.60 Å². The van der Waals surface area contributed by atoms with Crippen LogP contribution in [0.2, 0.25) is 0 Å². The maximum absolute atomic E-state index is 10.9. The van der Waals surface area contributed by atoms with Crippen molar-refractivity contribution in [3.05, 3.63) is 35.4 Å². The zero-order valence-electron chi connectivity index (χ0n) is 18.6. The van der Waals surface area contributed by atoms with Gasteiger partial charge in [-0.1, -0.05) is 0 Å². The summed E-state index contributed by atoms with van der Waals surface area (Å²) >= 11 is 0. The topological polar surface area (TPSA) is 77.4 Å². The first-order chi connectivity index (χ1) is 14.3. The first-order valence-electron chi connectivity index (χ1n) is 10.1. The second-order valence-corrected chi connectivity index (χ2v) is 8.34. The number of rotatable bonds is 6. The minimum atomic E-state index is -0.966. The van der Waals surface area contributed by atoms with Gasteiger partial charge in [-0.05, 0) is 85.0 Å². The molecule has 0 saturated carbocycles. The second kappa shape index (κ2) is 8.74. The average molecular weight is 417 g/mol. The molecule has 6 nitrogen and oxygen atoms in total. The van der Waals surface area contributed by atoms with Crippen LogP contribution in [0.25, 0.3) is 11.1 Å². The van der Waals surface area contributed by atoms with Crippen molar-refractivity contribution in [3.8, 4) is 34.1 Å². The first-order valence-corrected chi connectivity index (χ1v) is 10.1. The standard InChI is InChI=1S/C24H32O6/c1-24(2,26)19-8-15-10-21(28-4)23(30-6)12-18(15)17-11-22(29-5)20(27-3)9-14(17)7-16(19)13-25/h9-12,16,19,25-26H,7-8,13H2,1-6H3/t16-,19+/m0/s1. The number of methoxy groups -OCH3 is 4. The van der Waals surface area contributed by atoms with Crippen molar-refractivity contribution in [2.45, 2.75) is 32.3 Å². The van der Waals surface area contributed by atoms with Gasteiger partial charge in [0, 0.05) is 6.61 Å². The molecule has 0 aliphatic heterocycles. The number of fused-ring (bicyclic) bond motifs is 3. The lowest BCUT2D eigenvalue weighted by atomic mass is 9.71. The van der Waals surface area contributed by atoms with Crippen LogP contribution < -0.4 is 18.9 Å². The Balaban J connectivity index is 2.33. The third kappa shape index (κ3) is 4.07.